The fraction of sp³-hybridized carbons (Fsp3) is 0.385. The number of aliphatic imine (C=N–C) groups is 1. The van der Waals surface area contributed by atoms with Crippen molar-refractivity contribution in [3.8, 4) is 0 Å². The summed E-state index contributed by atoms with van der Waals surface area (Å²) in [5, 5.41) is 22.7. The number of carboxylic acid groups (broad SMARTS) is 2. The van der Waals surface area contributed by atoms with Gasteiger partial charge in [0, 0.05) is 38.4 Å². The summed E-state index contributed by atoms with van der Waals surface area (Å²) in [6.45, 7) is 6.60. The van der Waals surface area contributed by atoms with Gasteiger partial charge in [-0.15, -0.1) is 0 Å². The molecule has 0 unspecified atom stereocenters. The zero-order chi connectivity index (χ0) is 28.8. The predicted octanol–water partition coefficient (Wildman–Crippen LogP) is 3.13. The molecule has 212 valence electrons. The van der Waals surface area contributed by atoms with Crippen LogP contribution in [0.25, 0.3) is 0 Å². The number of carbonyl (C=O) groups excluding carboxylic acids is 1. The molecule has 10 nitrogen and oxygen atoms in total. The molecule has 1 aliphatic heterocycles. The highest BCUT2D eigenvalue weighted by atomic mass is 19.4. The van der Waals surface area contributed by atoms with Gasteiger partial charge in [-0.05, 0) is 30.2 Å². The first-order valence-corrected chi connectivity index (χ1v) is 12.2. The van der Waals surface area contributed by atoms with Crippen LogP contribution < -0.4 is 10.6 Å². The lowest BCUT2D eigenvalue weighted by molar-refractivity contribution is -0.192. The Labute approximate surface area is 224 Å². The Morgan fingerprint density at radius 1 is 0.974 bits per heavy atom. The van der Waals surface area contributed by atoms with Crippen molar-refractivity contribution in [2.75, 3.05) is 44.6 Å². The van der Waals surface area contributed by atoms with Crippen LogP contribution >= 0.6 is 0 Å². The smallest absolute Gasteiger partial charge is 0.478 e. The summed E-state index contributed by atoms with van der Waals surface area (Å²) in [5.74, 6) is -2.97. The standard InChI is InChI=1S/C24H31N5O3.C2HF3O2/c1-2-11-25-22(30)18-28-12-14-29(15-13-28)24(26-17-19-7-4-3-5-8-19)27-21-10-6-9-20(16-21)23(31)32;3-2(4,5)1(6)7/h3-10,16H,2,11-15,17-18H2,1H3,(H,25,30)(H,26,27)(H,31,32);(H,6,7). The zero-order valence-electron chi connectivity index (χ0n) is 21.4. The predicted molar refractivity (Wildman–Crippen MR) is 140 cm³/mol. The molecule has 0 aromatic heterocycles. The van der Waals surface area contributed by atoms with Crippen LogP contribution in [0.2, 0.25) is 0 Å². The minimum Gasteiger partial charge on any atom is -0.478 e. The molecule has 4 N–H and O–H groups in total. The van der Waals surface area contributed by atoms with Crippen LogP contribution in [0, 0.1) is 0 Å². The largest absolute Gasteiger partial charge is 0.490 e. The van der Waals surface area contributed by atoms with E-state index in [-0.39, 0.29) is 11.5 Å². The number of benzene rings is 2. The Morgan fingerprint density at radius 2 is 1.62 bits per heavy atom. The molecule has 1 saturated heterocycles. The maximum absolute atomic E-state index is 12.0. The van der Waals surface area contributed by atoms with Crippen molar-refractivity contribution in [1.82, 2.24) is 15.1 Å². The Morgan fingerprint density at radius 3 is 2.18 bits per heavy atom. The number of hydrogen-bond donors (Lipinski definition) is 4. The molecule has 0 atom stereocenters. The van der Waals surface area contributed by atoms with Gasteiger partial charge in [-0.25, -0.2) is 14.6 Å². The van der Waals surface area contributed by atoms with Gasteiger partial charge < -0.3 is 25.7 Å². The van der Waals surface area contributed by atoms with Crippen LogP contribution in [0.5, 0.6) is 0 Å². The number of aromatic carboxylic acids is 1. The van der Waals surface area contributed by atoms with E-state index < -0.39 is 18.1 Å². The molecular weight excluding hydrogens is 519 g/mol. The number of carboxylic acids is 2. The van der Waals surface area contributed by atoms with Crippen molar-refractivity contribution in [3.05, 3.63) is 65.7 Å². The molecule has 1 aliphatic rings. The first kappa shape index (κ1) is 31.1. The van der Waals surface area contributed by atoms with Crippen molar-refractivity contribution in [2.24, 2.45) is 4.99 Å². The lowest BCUT2D eigenvalue weighted by Crippen LogP contribution is -2.52. The third-order valence-corrected chi connectivity index (χ3v) is 5.47. The van der Waals surface area contributed by atoms with Gasteiger partial charge in [0.15, 0.2) is 5.96 Å². The maximum atomic E-state index is 12.0. The summed E-state index contributed by atoms with van der Waals surface area (Å²) in [7, 11) is 0. The number of anilines is 1. The molecular formula is C26H32F3N5O5. The van der Waals surface area contributed by atoms with E-state index >= 15 is 0 Å². The minimum absolute atomic E-state index is 0.0573. The monoisotopic (exact) mass is 551 g/mol. The fourth-order valence-corrected chi connectivity index (χ4v) is 3.47. The molecule has 0 radical (unpaired) electrons. The Bertz CT molecular complexity index is 1120. The number of aliphatic carboxylic acids is 1. The Kier molecular flexibility index (Phi) is 12.2. The number of nitrogens with one attached hydrogen (secondary N) is 2. The highest BCUT2D eigenvalue weighted by Crippen LogP contribution is 2.14. The highest BCUT2D eigenvalue weighted by molar-refractivity contribution is 5.96. The van der Waals surface area contributed by atoms with Crippen molar-refractivity contribution < 1.29 is 37.8 Å². The second-order valence-corrected chi connectivity index (χ2v) is 8.55. The van der Waals surface area contributed by atoms with Crippen molar-refractivity contribution in [1.29, 1.82) is 0 Å². The normalized spacial score (nSPS) is 14.2. The van der Waals surface area contributed by atoms with Gasteiger partial charge in [0.25, 0.3) is 0 Å². The number of piperazine rings is 1. The third kappa shape index (κ3) is 11.4. The van der Waals surface area contributed by atoms with Gasteiger partial charge in [0.2, 0.25) is 5.91 Å². The van der Waals surface area contributed by atoms with Crippen molar-refractivity contribution in [3.63, 3.8) is 0 Å². The van der Waals surface area contributed by atoms with Crippen LogP contribution in [0.1, 0.15) is 29.3 Å². The first-order chi connectivity index (χ1) is 18.5. The second-order valence-electron chi connectivity index (χ2n) is 8.55. The number of guanidine groups is 1. The average Bonchev–Trinajstić information content (AvgIpc) is 2.91. The van der Waals surface area contributed by atoms with Crippen LogP contribution in [0.3, 0.4) is 0 Å². The van der Waals surface area contributed by atoms with E-state index in [1.54, 1.807) is 18.2 Å². The number of halogens is 3. The van der Waals surface area contributed by atoms with Crippen LogP contribution in [-0.4, -0.2) is 89.3 Å². The molecule has 0 aliphatic carbocycles. The van der Waals surface area contributed by atoms with Crippen LogP contribution in [-0.2, 0) is 16.1 Å². The first-order valence-electron chi connectivity index (χ1n) is 12.2. The molecule has 1 amide bonds. The second kappa shape index (κ2) is 15.3. The molecule has 0 spiro atoms. The van der Waals surface area contributed by atoms with Crippen molar-refractivity contribution >= 4 is 29.5 Å². The van der Waals surface area contributed by atoms with E-state index in [2.05, 4.69) is 20.4 Å². The quantitative estimate of drug-likeness (QED) is 0.291. The Balaban J connectivity index is 0.000000673. The SMILES string of the molecule is CCCNC(=O)CN1CCN(C(=NCc2ccccc2)Nc2cccc(C(=O)O)c2)CC1.O=C(O)C(F)(F)F. The van der Waals surface area contributed by atoms with E-state index in [0.29, 0.717) is 31.3 Å². The molecule has 39 heavy (non-hydrogen) atoms. The molecule has 0 bridgehead atoms. The number of hydrogen-bond acceptors (Lipinski definition) is 5. The number of carbonyl (C=O) groups is 3. The summed E-state index contributed by atoms with van der Waals surface area (Å²) in [5.41, 5.74) is 2.00. The lowest BCUT2D eigenvalue weighted by Gasteiger charge is -2.36. The molecule has 1 heterocycles. The van der Waals surface area contributed by atoms with Gasteiger partial charge in [-0.2, -0.15) is 13.2 Å². The average molecular weight is 552 g/mol. The lowest BCUT2D eigenvalue weighted by atomic mass is 10.2. The van der Waals surface area contributed by atoms with Gasteiger partial charge in [-0.1, -0.05) is 43.3 Å². The van der Waals surface area contributed by atoms with Gasteiger partial charge in [-0.3, -0.25) is 9.69 Å². The molecule has 2 aromatic rings. The molecule has 0 saturated carbocycles. The molecule has 3 rings (SSSR count). The number of rotatable bonds is 8. The third-order valence-electron chi connectivity index (χ3n) is 5.47. The molecule has 2 aromatic carbocycles. The van der Waals surface area contributed by atoms with E-state index in [0.717, 1.165) is 38.2 Å². The van der Waals surface area contributed by atoms with E-state index in [1.807, 2.05) is 43.3 Å². The number of nitrogens with zero attached hydrogens (tertiary/aromatic N) is 3. The van der Waals surface area contributed by atoms with Gasteiger partial charge in [0.1, 0.15) is 0 Å². The highest BCUT2D eigenvalue weighted by Gasteiger charge is 2.38. The number of amides is 1. The van der Waals surface area contributed by atoms with E-state index in [9.17, 15) is 27.9 Å². The van der Waals surface area contributed by atoms with Crippen LogP contribution in [0.4, 0.5) is 18.9 Å². The summed E-state index contributed by atoms with van der Waals surface area (Å²) >= 11 is 0. The van der Waals surface area contributed by atoms with Gasteiger partial charge in [0.05, 0.1) is 18.7 Å². The fourth-order valence-electron chi connectivity index (χ4n) is 3.47. The Hall–Kier alpha value is -4.13. The summed E-state index contributed by atoms with van der Waals surface area (Å²) in [6.07, 6.45) is -4.16. The van der Waals surface area contributed by atoms with E-state index in [4.69, 9.17) is 14.9 Å². The minimum atomic E-state index is -5.08. The van der Waals surface area contributed by atoms with E-state index in [1.165, 1.54) is 0 Å². The summed E-state index contributed by atoms with van der Waals surface area (Å²) in [6, 6.07) is 16.7. The maximum Gasteiger partial charge on any atom is 0.490 e. The van der Waals surface area contributed by atoms with Gasteiger partial charge >= 0.3 is 18.1 Å². The topological polar surface area (TPSA) is 135 Å². The summed E-state index contributed by atoms with van der Waals surface area (Å²) < 4.78 is 31.7. The number of alkyl halides is 3. The zero-order valence-corrected chi connectivity index (χ0v) is 21.4. The molecule has 13 heteroatoms. The molecule has 1 fully saturated rings. The van der Waals surface area contributed by atoms with Crippen LogP contribution in [0.15, 0.2) is 59.6 Å². The summed E-state index contributed by atoms with van der Waals surface area (Å²) in [4.78, 5) is 41.3. The van der Waals surface area contributed by atoms with Crippen molar-refractivity contribution in [2.45, 2.75) is 26.1 Å².